The summed E-state index contributed by atoms with van der Waals surface area (Å²) in [4.78, 5) is 23.3. The molecular weight excluding hydrogens is 347 g/mol. The zero-order valence-corrected chi connectivity index (χ0v) is 14.4. The highest BCUT2D eigenvalue weighted by atomic mass is 32.2. The van der Waals surface area contributed by atoms with Crippen molar-refractivity contribution < 1.29 is 22.4 Å². The fourth-order valence-corrected chi connectivity index (χ4v) is 3.29. The van der Waals surface area contributed by atoms with E-state index in [0.717, 1.165) is 0 Å². The third-order valence-corrected chi connectivity index (χ3v) is 4.95. The van der Waals surface area contributed by atoms with Crippen molar-refractivity contribution in [2.75, 3.05) is 5.32 Å². The lowest BCUT2D eigenvalue weighted by atomic mass is 10.2. The Balaban J connectivity index is 2.14. The molecule has 0 heterocycles. The number of ketones is 1. The highest BCUT2D eigenvalue weighted by Crippen LogP contribution is 2.15. The molecule has 0 saturated heterocycles. The SMILES string of the molecule is CC(=O)c1cccc(S(=O)(=O)NC(C)C(=O)Nc2ccccc2F)c1. The van der Waals surface area contributed by atoms with Gasteiger partial charge in [-0.05, 0) is 38.1 Å². The molecule has 132 valence electrons. The van der Waals surface area contributed by atoms with Crippen molar-refractivity contribution in [1.29, 1.82) is 0 Å². The first-order valence-corrected chi connectivity index (χ1v) is 8.88. The Morgan fingerprint density at radius 1 is 1.08 bits per heavy atom. The van der Waals surface area contributed by atoms with Crippen molar-refractivity contribution in [1.82, 2.24) is 4.72 Å². The van der Waals surface area contributed by atoms with Gasteiger partial charge in [0.2, 0.25) is 15.9 Å². The molecule has 0 aliphatic carbocycles. The van der Waals surface area contributed by atoms with Crippen molar-refractivity contribution in [2.24, 2.45) is 0 Å². The number of benzene rings is 2. The van der Waals surface area contributed by atoms with Crippen molar-refractivity contribution in [3.63, 3.8) is 0 Å². The van der Waals surface area contributed by atoms with Crippen LogP contribution in [-0.4, -0.2) is 26.2 Å². The predicted molar refractivity (Wildman–Crippen MR) is 91.3 cm³/mol. The summed E-state index contributed by atoms with van der Waals surface area (Å²) in [7, 11) is -4.02. The maximum atomic E-state index is 13.6. The Bertz CT molecular complexity index is 912. The molecule has 2 rings (SSSR count). The minimum Gasteiger partial charge on any atom is -0.322 e. The van der Waals surface area contributed by atoms with Crippen molar-refractivity contribution in [2.45, 2.75) is 24.8 Å². The first-order chi connectivity index (χ1) is 11.7. The van der Waals surface area contributed by atoms with Crippen molar-refractivity contribution in [3.05, 3.63) is 59.9 Å². The summed E-state index contributed by atoms with van der Waals surface area (Å²) in [5.41, 5.74) is 0.198. The lowest BCUT2D eigenvalue weighted by molar-refractivity contribution is -0.117. The lowest BCUT2D eigenvalue weighted by Crippen LogP contribution is -2.41. The number of rotatable bonds is 6. The van der Waals surface area contributed by atoms with Gasteiger partial charge in [-0.2, -0.15) is 4.72 Å². The molecule has 0 fully saturated rings. The maximum Gasteiger partial charge on any atom is 0.242 e. The molecule has 2 aromatic carbocycles. The summed E-state index contributed by atoms with van der Waals surface area (Å²) in [5.74, 6) is -1.61. The number of amides is 1. The van der Waals surface area contributed by atoms with Gasteiger partial charge in [0.1, 0.15) is 5.82 Å². The van der Waals surface area contributed by atoms with E-state index >= 15 is 0 Å². The lowest BCUT2D eigenvalue weighted by Gasteiger charge is -2.15. The van der Waals surface area contributed by atoms with Gasteiger partial charge >= 0.3 is 0 Å². The molecule has 2 N–H and O–H groups in total. The van der Waals surface area contributed by atoms with Crippen LogP contribution in [0.4, 0.5) is 10.1 Å². The average molecular weight is 364 g/mol. The fraction of sp³-hybridized carbons (Fsp3) is 0.176. The molecule has 1 unspecified atom stereocenters. The van der Waals surface area contributed by atoms with E-state index in [1.165, 1.54) is 56.3 Å². The Hall–Kier alpha value is -2.58. The van der Waals surface area contributed by atoms with E-state index in [9.17, 15) is 22.4 Å². The van der Waals surface area contributed by atoms with E-state index in [1.54, 1.807) is 6.07 Å². The third kappa shape index (κ3) is 4.71. The monoisotopic (exact) mass is 364 g/mol. The van der Waals surface area contributed by atoms with Gasteiger partial charge < -0.3 is 5.32 Å². The van der Waals surface area contributed by atoms with Crippen LogP contribution < -0.4 is 10.0 Å². The highest BCUT2D eigenvalue weighted by Gasteiger charge is 2.23. The second kappa shape index (κ2) is 7.54. The maximum absolute atomic E-state index is 13.6. The average Bonchev–Trinajstić information content (AvgIpc) is 2.56. The number of sulfonamides is 1. The van der Waals surface area contributed by atoms with Crippen molar-refractivity contribution >= 4 is 27.4 Å². The van der Waals surface area contributed by atoms with E-state index in [-0.39, 0.29) is 21.9 Å². The second-order valence-electron chi connectivity index (χ2n) is 5.40. The van der Waals surface area contributed by atoms with Gasteiger partial charge in [0.25, 0.3) is 0 Å². The molecule has 8 heteroatoms. The molecule has 0 radical (unpaired) electrons. The quantitative estimate of drug-likeness (QED) is 0.770. The smallest absolute Gasteiger partial charge is 0.242 e. The van der Waals surface area contributed by atoms with Crippen molar-refractivity contribution in [3.8, 4) is 0 Å². The molecule has 0 aromatic heterocycles. The Labute approximate surface area is 145 Å². The number of halogens is 1. The summed E-state index contributed by atoms with van der Waals surface area (Å²) in [6.45, 7) is 2.66. The zero-order valence-electron chi connectivity index (χ0n) is 13.6. The second-order valence-corrected chi connectivity index (χ2v) is 7.11. The van der Waals surface area contributed by atoms with Crippen LogP contribution in [0.5, 0.6) is 0 Å². The largest absolute Gasteiger partial charge is 0.322 e. The number of hydrogen-bond donors (Lipinski definition) is 2. The van der Waals surface area contributed by atoms with Gasteiger partial charge in [0.15, 0.2) is 5.78 Å². The molecule has 1 amide bonds. The topological polar surface area (TPSA) is 92.3 Å². The van der Waals surface area contributed by atoms with Gasteiger partial charge in [0, 0.05) is 5.56 Å². The van der Waals surface area contributed by atoms with Crippen LogP contribution >= 0.6 is 0 Å². The number of anilines is 1. The van der Waals surface area contributed by atoms with Crippen LogP contribution in [0.3, 0.4) is 0 Å². The first kappa shape index (κ1) is 18.8. The number of hydrogen-bond acceptors (Lipinski definition) is 4. The molecule has 2 aromatic rings. The van der Waals surface area contributed by atoms with Crippen LogP contribution in [0.2, 0.25) is 0 Å². The number of carbonyl (C=O) groups is 2. The number of nitrogens with one attached hydrogen (secondary N) is 2. The highest BCUT2D eigenvalue weighted by molar-refractivity contribution is 7.89. The summed E-state index contributed by atoms with van der Waals surface area (Å²) in [5, 5.41) is 2.32. The molecular formula is C17H17FN2O4S. The minimum atomic E-state index is -4.02. The summed E-state index contributed by atoms with van der Waals surface area (Å²) >= 11 is 0. The van der Waals surface area contributed by atoms with Gasteiger partial charge in [0.05, 0.1) is 16.6 Å². The van der Waals surface area contributed by atoms with E-state index in [1.807, 2.05) is 0 Å². The van der Waals surface area contributed by atoms with Crippen LogP contribution in [0.1, 0.15) is 24.2 Å². The molecule has 1 atom stereocenters. The molecule has 0 spiro atoms. The first-order valence-electron chi connectivity index (χ1n) is 7.39. The summed E-state index contributed by atoms with van der Waals surface area (Å²) in [6.07, 6.45) is 0. The summed E-state index contributed by atoms with van der Waals surface area (Å²) in [6, 6.07) is 9.89. The van der Waals surface area contributed by atoms with E-state index in [2.05, 4.69) is 10.0 Å². The Kier molecular flexibility index (Phi) is 5.66. The van der Waals surface area contributed by atoms with E-state index in [4.69, 9.17) is 0 Å². The Morgan fingerprint density at radius 3 is 2.40 bits per heavy atom. The van der Waals surface area contributed by atoms with Crippen LogP contribution in [0, 0.1) is 5.82 Å². The summed E-state index contributed by atoms with van der Waals surface area (Å²) < 4.78 is 40.5. The minimum absolute atomic E-state index is 0.0443. The molecule has 0 aliphatic rings. The van der Waals surface area contributed by atoms with Gasteiger partial charge in [-0.15, -0.1) is 0 Å². The Morgan fingerprint density at radius 2 is 1.76 bits per heavy atom. The van der Waals surface area contributed by atoms with Crippen LogP contribution in [0.15, 0.2) is 53.4 Å². The van der Waals surface area contributed by atoms with Gasteiger partial charge in [-0.3, -0.25) is 9.59 Å². The fourth-order valence-electron chi connectivity index (χ4n) is 2.04. The molecule has 0 aliphatic heterocycles. The third-order valence-electron chi connectivity index (χ3n) is 3.41. The zero-order chi connectivity index (χ0) is 18.6. The van der Waals surface area contributed by atoms with Crippen LogP contribution in [-0.2, 0) is 14.8 Å². The van der Waals surface area contributed by atoms with E-state index in [0.29, 0.717) is 0 Å². The molecule has 25 heavy (non-hydrogen) atoms. The molecule has 0 bridgehead atoms. The number of Topliss-reactive ketones (excluding diaryl/α,β-unsaturated/α-hetero) is 1. The predicted octanol–water partition coefficient (Wildman–Crippen LogP) is 2.33. The van der Waals surface area contributed by atoms with Crippen LogP contribution in [0.25, 0.3) is 0 Å². The molecule has 6 nitrogen and oxygen atoms in total. The molecule has 0 saturated carbocycles. The standard InChI is InChI=1S/C17H17FN2O4S/c1-11(17(22)19-16-9-4-3-8-15(16)18)20-25(23,24)14-7-5-6-13(10-14)12(2)21/h3-11,20H,1-2H3,(H,19,22). The number of para-hydroxylation sites is 1. The number of carbonyl (C=O) groups excluding carboxylic acids is 2. The van der Waals surface area contributed by atoms with Gasteiger partial charge in [-0.25, -0.2) is 12.8 Å². The van der Waals surface area contributed by atoms with Gasteiger partial charge in [-0.1, -0.05) is 24.3 Å². The normalized spacial score (nSPS) is 12.4. The van der Waals surface area contributed by atoms with E-state index < -0.39 is 27.8 Å².